The van der Waals surface area contributed by atoms with E-state index in [-0.39, 0.29) is 0 Å². The molecule has 17 heavy (non-hydrogen) atoms. The van der Waals surface area contributed by atoms with Crippen molar-refractivity contribution in [1.82, 2.24) is 10.3 Å². The van der Waals surface area contributed by atoms with Crippen LogP contribution < -0.4 is 5.32 Å². The lowest BCUT2D eigenvalue weighted by atomic mass is 9.85. The molecule has 1 unspecified atom stereocenters. The van der Waals surface area contributed by atoms with Gasteiger partial charge >= 0.3 is 0 Å². The van der Waals surface area contributed by atoms with Crippen LogP contribution in [0.25, 0.3) is 0 Å². The highest BCUT2D eigenvalue weighted by molar-refractivity contribution is 5.17. The van der Waals surface area contributed by atoms with Crippen LogP contribution in [0.4, 0.5) is 0 Å². The van der Waals surface area contributed by atoms with Gasteiger partial charge in [0.05, 0.1) is 0 Å². The van der Waals surface area contributed by atoms with E-state index < -0.39 is 0 Å². The Labute approximate surface area is 105 Å². The number of nitrogens with one attached hydrogen (secondary N) is 1. The highest BCUT2D eigenvalue weighted by Gasteiger charge is 2.25. The highest BCUT2D eigenvalue weighted by atomic mass is 14.9. The molecule has 1 atom stereocenters. The van der Waals surface area contributed by atoms with E-state index in [2.05, 4.69) is 29.4 Å². The zero-order chi connectivity index (χ0) is 11.9. The van der Waals surface area contributed by atoms with Crippen LogP contribution in [0.15, 0.2) is 24.5 Å². The maximum Gasteiger partial charge on any atom is 0.0270 e. The lowest BCUT2D eigenvalue weighted by Gasteiger charge is -2.24. The number of hydrogen-bond donors (Lipinski definition) is 1. The normalized spacial score (nSPS) is 18.4. The van der Waals surface area contributed by atoms with E-state index in [1.54, 1.807) is 0 Å². The van der Waals surface area contributed by atoms with Crippen molar-refractivity contribution in [2.45, 2.75) is 44.9 Å². The lowest BCUT2D eigenvalue weighted by molar-refractivity contribution is 0.411. The second-order valence-electron chi connectivity index (χ2n) is 5.14. The second-order valence-corrected chi connectivity index (χ2v) is 5.14. The largest absolute Gasteiger partial charge is 0.316 e. The van der Waals surface area contributed by atoms with Crippen molar-refractivity contribution >= 4 is 0 Å². The van der Waals surface area contributed by atoms with Crippen molar-refractivity contribution in [2.24, 2.45) is 5.92 Å². The summed E-state index contributed by atoms with van der Waals surface area (Å²) in [7, 11) is 0. The molecule has 0 saturated heterocycles. The van der Waals surface area contributed by atoms with Gasteiger partial charge in [-0.2, -0.15) is 0 Å². The molecular weight excluding hydrogens is 208 g/mol. The first-order chi connectivity index (χ1) is 8.42. The van der Waals surface area contributed by atoms with E-state index in [0.717, 1.165) is 19.0 Å². The summed E-state index contributed by atoms with van der Waals surface area (Å²) < 4.78 is 0. The topological polar surface area (TPSA) is 24.9 Å². The van der Waals surface area contributed by atoms with Crippen molar-refractivity contribution < 1.29 is 0 Å². The van der Waals surface area contributed by atoms with E-state index in [1.165, 1.54) is 37.7 Å². The molecule has 0 amide bonds. The van der Waals surface area contributed by atoms with Crippen molar-refractivity contribution in [2.75, 3.05) is 13.1 Å². The minimum Gasteiger partial charge on any atom is -0.316 e. The predicted octanol–water partition coefficient (Wildman–Crippen LogP) is 3.36. The summed E-state index contributed by atoms with van der Waals surface area (Å²) in [4.78, 5) is 4.13. The maximum absolute atomic E-state index is 4.13. The van der Waals surface area contributed by atoms with Crippen LogP contribution in [-0.2, 0) is 0 Å². The molecule has 0 aromatic carbocycles. The van der Waals surface area contributed by atoms with Crippen molar-refractivity contribution in [3.05, 3.63) is 30.1 Å². The van der Waals surface area contributed by atoms with E-state index in [9.17, 15) is 0 Å². The Hall–Kier alpha value is -0.890. The molecule has 0 spiro atoms. The van der Waals surface area contributed by atoms with Gasteiger partial charge in [-0.3, -0.25) is 4.98 Å². The highest BCUT2D eigenvalue weighted by Crippen LogP contribution is 2.36. The quantitative estimate of drug-likeness (QED) is 0.761. The first kappa shape index (κ1) is 12.6. The molecule has 2 heteroatoms. The standard InChI is InChI=1S/C15H24N2/c1-2-9-17-12-15(13-5-3-4-6-13)14-7-10-16-11-8-14/h7-8,10-11,13,15,17H,2-6,9,12H2,1H3. The molecule has 0 radical (unpaired) electrons. The van der Waals surface area contributed by atoms with E-state index in [1.807, 2.05) is 12.4 Å². The number of aromatic nitrogens is 1. The van der Waals surface area contributed by atoms with E-state index >= 15 is 0 Å². The fourth-order valence-electron chi connectivity index (χ4n) is 2.96. The minimum absolute atomic E-state index is 0.687. The van der Waals surface area contributed by atoms with Crippen LogP contribution in [0, 0.1) is 5.92 Å². The van der Waals surface area contributed by atoms with Gasteiger partial charge in [0.25, 0.3) is 0 Å². The lowest BCUT2D eigenvalue weighted by Crippen LogP contribution is -2.26. The molecule has 0 bridgehead atoms. The SMILES string of the molecule is CCCNCC(c1ccncc1)C1CCCC1. The summed E-state index contributed by atoms with van der Waals surface area (Å²) in [5.41, 5.74) is 1.47. The summed E-state index contributed by atoms with van der Waals surface area (Å²) in [6, 6.07) is 4.38. The summed E-state index contributed by atoms with van der Waals surface area (Å²) in [6.45, 7) is 4.49. The fourth-order valence-corrected chi connectivity index (χ4v) is 2.96. The summed E-state index contributed by atoms with van der Waals surface area (Å²) in [5, 5.41) is 3.59. The third kappa shape index (κ3) is 3.53. The third-order valence-corrected chi connectivity index (χ3v) is 3.89. The predicted molar refractivity (Wildman–Crippen MR) is 72.1 cm³/mol. The smallest absolute Gasteiger partial charge is 0.0270 e. The molecule has 1 aromatic heterocycles. The zero-order valence-electron chi connectivity index (χ0n) is 10.9. The Balaban J connectivity index is 2.01. The fraction of sp³-hybridized carbons (Fsp3) is 0.667. The van der Waals surface area contributed by atoms with Crippen LogP contribution in [0.2, 0.25) is 0 Å². The molecule has 2 rings (SSSR count). The number of nitrogens with zero attached hydrogens (tertiary/aromatic N) is 1. The Morgan fingerprint density at radius 1 is 1.29 bits per heavy atom. The monoisotopic (exact) mass is 232 g/mol. The van der Waals surface area contributed by atoms with Crippen LogP contribution in [0.3, 0.4) is 0 Å². The van der Waals surface area contributed by atoms with E-state index in [0.29, 0.717) is 5.92 Å². The van der Waals surface area contributed by atoms with Crippen LogP contribution in [0.5, 0.6) is 0 Å². The molecule has 1 heterocycles. The minimum atomic E-state index is 0.687. The van der Waals surface area contributed by atoms with Crippen LogP contribution >= 0.6 is 0 Å². The van der Waals surface area contributed by atoms with Gasteiger partial charge in [0.2, 0.25) is 0 Å². The molecule has 1 aliphatic rings. The zero-order valence-corrected chi connectivity index (χ0v) is 10.9. The summed E-state index contributed by atoms with van der Waals surface area (Å²) in [6.07, 6.45) is 10.7. The Bertz CT molecular complexity index is 304. The van der Waals surface area contributed by atoms with Crippen molar-refractivity contribution in [3.63, 3.8) is 0 Å². The van der Waals surface area contributed by atoms with Crippen molar-refractivity contribution in [1.29, 1.82) is 0 Å². The van der Waals surface area contributed by atoms with Crippen molar-refractivity contribution in [3.8, 4) is 0 Å². The van der Waals surface area contributed by atoms with Gasteiger partial charge in [-0.25, -0.2) is 0 Å². The molecule has 2 nitrogen and oxygen atoms in total. The molecule has 1 aromatic rings. The van der Waals surface area contributed by atoms with Gasteiger partial charge in [0.1, 0.15) is 0 Å². The molecule has 1 N–H and O–H groups in total. The molecule has 0 aliphatic heterocycles. The summed E-state index contributed by atoms with van der Waals surface area (Å²) in [5.74, 6) is 1.56. The van der Waals surface area contributed by atoms with Gasteiger partial charge in [0.15, 0.2) is 0 Å². The molecule has 1 saturated carbocycles. The molecular formula is C15H24N2. The van der Waals surface area contributed by atoms with Crippen LogP contribution in [-0.4, -0.2) is 18.1 Å². The summed E-state index contributed by atoms with van der Waals surface area (Å²) >= 11 is 0. The van der Waals surface area contributed by atoms with Gasteiger partial charge in [-0.15, -0.1) is 0 Å². The molecule has 1 aliphatic carbocycles. The average Bonchev–Trinajstić information content (AvgIpc) is 2.89. The van der Waals surface area contributed by atoms with Crippen LogP contribution in [0.1, 0.15) is 50.5 Å². The molecule has 1 fully saturated rings. The Kier molecular flexibility index (Phi) is 4.99. The molecule has 94 valence electrons. The van der Waals surface area contributed by atoms with Gasteiger partial charge in [-0.05, 0) is 55.3 Å². The number of hydrogen-bond acceptors (Lipinski definition) is 2. The Morgan fingerprint density at radius 3 is 2.65 bits per heavy atom. The second kappa shape index (κ2) is 6.75. The first-order valence-corrected chi connectivity index (χ1v) is 7.02. The number of pyridine rings is 1. The van der Waals surface area contributed by atoms with Gasteiger partial charge in [-0.1, -0.05) is 19.8 Å². The number of rotatable bonds is 6. The Morgan fingerprint density at radius 2 is 2.00 bits per heavy atom. The van der Waals surface area contributed by atoms with Gasteiger partial charge in [0, 0.05) is 18.9 Å². The third-order valence-electron chi connectivity index (χ3n) is 3.89. The first-order valence-electron chi connectivity index (χ1n) is 7.02. The van der Waals surface area contributed by atoms with E-state index in [4.69, 9.17) is 0 Å². The maximum atomic E-state index is 4.13. The van der Waals surface area contributed by atoms with Gasteiger partial charge < -0.3 is 5.32 Å². The average molecular weight is 232 g/mol.